The van der Waals surface area contributed by atoms with Crippen LogP contribution in [0.15, 0.2) is 30.0 Å². The third kappa shape index (κ3) is 3.49. The smallest absolute Gasteiger partial charge is 0.280 e. The van der Waals surface area contributed by atoms with Gasteiger partial charge in [-0.05, 0) is 25.1 Å². The summed E-state index contributed by atoms with van der Waals surface area (Å²) in [5.41, 5.74) is 0.558. The maximum atomic E-state index is 11.8. The Kier molecular flexibility index (Phi) is 5.03. The Balaban J connectivity index is 2.96. The normalized spacial score (nSPS) is 11.1. The van der Waals surface area contributed by atoms with Crippen LogP contribution in [0, 0.1) is 0 Å². The van der Waals surface area contributed by atoms with E-state index >= 15 is 0 Å². The zero-order valence-corrected chi connectivity index (χ0v) is 9.79. The minimum Gasteiger partial charge on any atom is -0.298 e. The average molecular weight is 234 g/mol. The van der Waals surface area contributed by atoms with Gasteiger partial charge in [-0.15, -0.1) is 0 Å². The standard InChI is InChI=1S/C12H14N2O3/c1-3-14(17-2)12(16)10(9-15)8-11-6-4-5-7-13-11/h4-9H,3H2,1-2H3/b10-8+. The van der Waals surface area contributed by atoms with Gasteiger partial charge in [0.05, 0.1) is 18.4 Å². The number of pyridine rings is 1. The lowest BCUT2D eigenvalue weighted by molar-refractivity contribution is -0.170. The van der Waals surface area contributed by atoms with Crippen molar-refractivity contribution in [2.45, 2.75) is 6.92 Å². The van der Waals surface area contributed by atoms with E-state index in [0.29, 0.717) is 18.5 Å². The molecular formula is C12H14N2O3. The molecule has 5 heteroatoms. The fraction of sp³-hybridized carbons (Fsp3) is 0.250. The van der Waals surface area contributed by atoms with E-state index in [0.717, 1.165) is 5.06 Å². The number of hydrogen-bond donors (Lipinski definition) is 0. The van der Waals surface area contributed by atoms with Crippen molar-refractivity contribution < 1.29 is 14.4 Å². The fourth-order valence-electron chi connectivity index (χ4n) is 1.27. The number of rotatable bonds is 5. The summed E-state index contributed by atoms with van der Waals surface area (Å²) < 4.78 is 0. The third-order valence-corrected chi connectivity index (χ3v) is 2.10. The lowest BCUT2D eigenvalue weighted by Crippen LogP contribution is -2.31. The summed E-state index contributed by atoms with van der Waals surface area (Å²) in [4.78, 5) is 31.6. The maximum Gasteiger partial charge on any atom is 0.280 e. The molecule has 0 aliphatic carbocycles. The molecular weight excluding hydrogens is 220 g/mol. The number of carbonyl (C=O) groups is 2. The van der Waals surface area contributed by atoms with Crippen LogP contribution in [0.1, 0.15) is 12.6 Å². The van der Waals surface area contributed by atoms with E-state index in [1.165, 1.54) is 13.2 Å². The summed E-state index contributed by atoms with van der Waals surface area (Å²) >= 11 is 0. The molecule has 0 aromatic carbocycles. The number of aromatic nitrogens is 1. The number of nitrogens with zero attached hydrogens (tertiary/aromatic N) is 2. The van der Waals surface area contributed by atoms with Gasteiger partial charge in [-0.3, -0.25) is 19.4 Å². The quantitative estimate of drug-likeness (QED) is 0.251. The number of aldehydes is 1. The Labute approximate surface area is 99.7 Å². The largest absolute Gasteiger partial charge is 0.298 e. The van der Waals surface area contributed by atoms with E-state index in [4.69, 9.17) is 4.84 Å². The highest BCUT2D eigenvalue weighted by Crippen LogP contribution is 2.05. The van der Waals surface area contributed by atoms with Crippen molar-refractivity contribution in [3.8, 4) is 0 Å². The lowest BCUT2D eigenvalue weighted by Gasteiger charge is -2.16. The Bertz CT molecular complexity index is 411. The summed E-state index contributed by atoms with van der Waals surface area (Å²) in [6.07, 6.45) is 3.52. The third-order valence-electron chi connectivity index (χ3n) is 2.10. The van der Waals surface area contributed by atoms with E-state index in [-0.39, 0.29) is 5.57 Å². The number of amides is 1. The summed E-state index contributed by atoms with van der Waals surface area (Å²) in [5.74, 6) is -0.476. The molecule has 17 heavy (non-hydrogen) atoms. The van der Waals surface area contributed by atoms with E-state index < -0.39 is 5.91 Å². The Hall–Kier alpha value is -2.01. The highest BCUT2D eigenvalue weighted by Gasteiger charge is 2.16. The van der Waals surface area contributed by atoms with Crippen molar-refractivity contribution in [2.24, 2.45) is 0 Å². The van der Waals surface area contributed by atoms with Gasteiger partial charge in [0.25, 0.3) is 5.91 Å². The van der Waals surface area contributed by atoms with Gasteiger partial charge in [0, 0.05) is 12.7 Å². The van der Waals surface area contributed by atoms with Crippen molar-refractivity contribution in [1.29, 1.82) is 0 Å². The van der Waals surface area contributed by atoms with Crippen molar-refractivity contribution in [1.82, 2.24) is 10.0 Å². The second-order valence-electron chi connectivity index (χ2n) is 3.15. The molecule has 0 saturated heterocycles. The fourth-order valence-corrected chi connectivity index (χ4v) is 1.27. The van der Waals surface area contributed by atoms with Crippen molar-refractivity contribution >= 4 is 18.3 Å². The maximum absolute atomic E-state index is 11.8. The van der Waals surface area contributed by atoms with E-state index in [2.05, 4.69) is 4.98 Å². The van der Waals surface area contributed by atoms with Crippen LogP contribution in [0.4, 0.5) is 0 Å². The van der Waals surface area contributed by atoms with Crippen LogP contribution < -0.4 is 0 Å². The molecule has 0 aliphatic heterocycles. The van der Waals surface area contributed by atoms with Gasteiger partial charge in [-0.2, -0.15) is 0 Å². The summed E-state index contributed by atoms with van der Waals surface area (Å²) in [5, 5.41) is 1.10. The molecule has 0 atom stereocenters. The molecule has 1 rings (SSSR count). The second kappa shape index (κ2) is 6.55. The molecule has 0 N–H and O–H groups in total. The highest BCUT2D eigenvalue weighted by molar-refractivity contribution is 6.13. The Morgan fingerprint density at radius 2 is 2.29 bits per heavy atom. The number of hydroxylamine groups is 2. The topological polar surface area (TPSA) is 59.5 Å². The van der Waals surface area contributed by atoms with Crippen LogP contribution in [0.2, 0.25) is 0 Å². The summed E-state index contributed by atoms with van der Waals surface area (Å²) in [6.45, 7) is 2.12. The second-order valence-corrected chi connectivity index (χ2v) is 3.15. The van der Waals surface area contributed by atoms with Crippen molar-refractivity contribution in [2.75, 3.05) is 13.7 Å². The molecule has 0 spiro atoms. The molecule has 90 valence electrons. The van der Waals surface area contributed by atoms with E-state index in [1.54, 1.807) is 31.3 Å². The Morgan fingerprint density at radius 1 is 1.53 bits per heavy atom. The van der Waals surface area contributed by atoms with Gasteiger partial charge in [0.15, 0.2) is 6.29 Å². The van der Waals surface area contributed by atoms with Crippen molar-refractivity contribution in [3.05, 3.63) is 35.7 Å². The first-order valence-electron chi connectivity index (χ1n) is 5.16. The predicted molar refractivity (Wildman–Crippen MR) is 62.7 cm³/mol. The molecule has 0 unspecified atom stereocenters. The van der Waals surface area contributed by atoms with Crippen LogP contribution in [-0.4, -0.2) is 35.9 Å². The van der Waals surface area contributed by atoms with Crippen LogP contribution in [0.25, 0.3) is 6.08 Å². The Morgan fingerprint density at radius 3 is 2.76 bits per heavy atom. The zero-order chi connectivity index (χ0) is 12.7. The molecule has 0 aliphatic rings. The summed E-state index contributed by atoms with van der Waals surface area (Å²) in [6, 6.07) is 5.24. The average Bonchev–Trinajstić information content (AvgIpc) is 2.38. The molecule has 1 heterocycles. The molecule has 0 bridgehead atoms. The number of hydrogen-bond acceptors (Lipinski definition) is 4. The molecule has 0 saturated carbocycles. The monoisotopic (exact) mass is 234 g/mol. The lowest BCUT2D eigenvalue weighted by atomic mass is 10.2. The highest BCUT2D eigenvalue weighted by atomic mass is 16.7. The van der Waals surface area contributed by atoms with Gasteiger partial charge < -0.3 is 0 Å². The molecule has 0 radical (unpaired) electrons. The predicted octanol–water partition coefficient (Wildman–Crippen LogP) is 1.07. The first-order valence-corrected chi connectivity index (χ1v) is 5.16. The number of likely N-dealkylation sites (N-methyl/N-ethyl adjacent to an activating group) is 1. The number of carbonyl (C=O) groups excluding carboxylic acids is 2. The van der Waals surface area contributed by atoms with Gasteiger partial charge in [-0.25, -0.2) is 5.06 Å². The molecule has 1 aromatic rings. The van der Waals surface area contributed by atoms with E-state index in [1.807, 2.05) is 0 Å². The minimum absolute atomic E-state index is 0.00685. The first kappa shape index (κ1) is 13.1. The molecule has 1 amide bonds. The van der Waals surface area contributed by atoms with Crippen LogP contribution in [-0.2, 0) is 14.4 Å². The summed E-state index contributed by atoms with van der Waals surface area (Å²) in [7, 11) is 1.38. The molecule has 1 aromatic heterocycles. The van der Waals surface area contributed by atoms with Crippen LogP contribution >= 0.6 is 0 Å². The molecule has 5 nitrogen and oxygen atoms in total. The molecule has 0 fully saturated rings. The SMILES string of the molecule is CCN(OC)C(=O)/C(C=O)=C/c1ccccn1. The van der Waals surface area contributed by atoms with Crippen molar-refractivity contribution in [3.63, 3.8) is 0 Å². The minimum atomic E-state index is -0.476. The van der Waals surface area contributed by atoms with E-state index in [9.17, 15) is 9.59 Å². The first-order chi connectivity index (χ1) is 8.22. The van der Waals surface area contributed by atoms with Crippen LogP contribution in [0.3, 0.4) is 0 Å². The van der Waals surface area contributed by atoms with Crippen LogP contribution in [0.5, 0.6) is 0 Å². The zero-order valence-electron chi connectivity index (χ0n) is 9.79. The van der Waals surface area contributed by atoms with Gasteiger partial charge >= 0.3 is 0 Å². The van der Waals surface area contributed by atoms with Gasteiger partial charge in [0.2, 0.25) is 0 Å². The van der Waals surface area contributed by atoms with Gasteiger partial charge in [0.1, 0.15) is 0 Å². The van der Waals surface area contributed by atoms with Gasteiger partial charge in [-0.1, -0.05) is 6.07 Å².